The smallest absolute Gasteiger partial charge is 0.396 e. The van der Waals surface area contributed by atoms with Crippen LogP contribution in [0.2, 0.25) is 0 Å². The molecule has 1 aromatic carbocycles. The fourth-order valence-electron chi connectivity index (χ4n) is 2.65. The molecule has 0 amide bonds. The van der Waals surface area contributed by atoms with E-state index in [1.54, 1.807) is 18.8 Å². The summed E-state index contributed by atoms with van der Waals surface area (Å²) in [5.74, 6) is 0.875. The number of rotatable bonds is 7. The second kappa shape index (κ2) is 8.83. The summed E-state index contributed by atoms with van der Waals surface area (Å²) >= 11 is 1.63. The van der Waals surface area contributed by atoms with Crippen LogP contribution in [0.4, 0.5) is 24.8 Å². The van der Waals surface area contributed by atoms with E-state index in [2.05, 4.69) is 20.4 Å². The zero-order valence-corrected chi connectivity index (χ0v) is 16.7. The lowest BCUT2D eigenvalue weighted by atomic mass is 10.1. The quantitative estimate of drug-likeness (QED) is 0.433. The van der Waals surface area contributed by atoms with Crippen LogP contribution in [0.3, 0.4) is 0 Å². The molecule has 0 fully saturated rings. The molecule has 0 atom stereocenters. The highest BCUT2D eigenvalue weighted by Crippen LogP contribution is 2.36. The Kier molecular flexibility index (Phi) is 6.43. The first-order valence-electron chi connectivity index (χ1n) is 8.82. The van der Waals surface area contributed by atoms with Gasteiger partial charge in [-0.1, -0.05) is 0 Å². The molecule has 154 valence electrons. The molecular weight excluding hydrogens is 403 g/mol. The van der Waals surface area contributed by atoms with Crippen molar-refractivity contribution >= 4 is 23.4 Å². The molecule has 3 aromatic rings. The largest absolute Gasteiger partial charge is 0.419 e. The van der Waals surface area contributed by atoms with Gasteiger partial charge >= 0.3 is 6.18 Å². The first kappa shape index (κ1) is 21.1. The van der Waals surface area contributed by atoms with Gasteiger partial charge in [0.2, 0.25) is 5.95 Å². The molecule has 0 bridgehead atoms. The topological polar surface area (TPSA) is 75.9 Å². The second-order valence-corrected chi connectivity index (χ2v) is 7.55. The number of nitrogens with zero attached hydrogens (tertiary/aromatic N) is 4. The molecule has 2 heterocycles. The van der Waals surface area contributed by atoms with Crippen LogP contribution in [0.5, 0.6) is 0 Å². The predicted molar refractivity (Wildman–Crippen MR) is 106 cm³/mol. The van der Waals surface area contributed by atoms with Crippen LogP contribution >= 0.6 is 11.8 Å². The molecular formula is C19H20F3N5OS. The average molecular weight is 423 g/mol. The molecule has 0 aliphatic rings. The molecule has 2 aromatic heterocycles. The van der Waals surface area contributed by atoms with Crippen LogP contribution in [0, 0.1) is 6.92 Å². The first-order valence-corrected chi connectivity index (χ1v) is 9.81. The summed E-state index contributed by atoms with van der Waals surface area (Å²) in [4.78, 5) is 9.02. The van der Waals surface area contributed by atoms with E-state index in [4.69, 9.17) is 5.11 Å². The first-order chi connectivity index (χ1) is 13.8. The van der Waals surface area contributed by atoms with Gasteiger partial charge in [0.05, 0.1) is 11.9 Å². The standard InChI is InChI=1S/C19H20F3N5OS/c1-12-8-14(29-7-3-6-28)4-5-16(12)25-18-23-10-15(19(20,21)22)17(26-18)13-9-24-27(2)11-13/h4-5,8-11,28H,3,6-7H2,1-2H3,(H,23,25,26). The van der Waals surface area contributed by atoms with Gasteiger partial charge in [0.15, 0.2) is 0 Å². The van der Waals surface area contributed by atoms with Crippen LogP contribution in [-0.2, 0) is 13.2 Å². The van der Waals surface area contributed by atoms with Crippen molar-refractivity contribution in [1.29, 1.82) is 0 Å². The van der Waals surface area contributed by atoms with Gasteiger partial charge in [-0.3, -0.25) is 4.68 Å². The fraction of sp³-hybridized carbons (Fsp3) is 0.316. The summed E-state index contributed by atoms with van der Waals surface area (Å²) in [7, 11) is 1.63. The van der Waals surface area contributed by atoms with E-state index in [1.807, 2.05) is 25.1 Å². The summed E-state index contributed by atoms with van der Waals surface area (Å²) < 4.78 is 41.6. The summed E-state index contributed by atoms with van der Waals surface area (Å²) in [6.45, 7) is 2.04. The van der Waals surface area contributed by atoms with E-state index < -0.39 is 11.7 Å². The van der Waals surface area contributed by atoms with Crippen molar-refractivity contribution in [2.45, 2.75) is 24.4 Å². The van der Waals surface area contributed by atoms with Crippen molar-refractivity contribution in [2.24, 2.45) is 7.05 Å². The third-order valence-corrected chi connectivity index (χ3v) is 5.17. The summed E-state index contributed by atoms with van der Waals surface area (Å²) in [5.41, 5.74) is 0.733. The van der Waals surface area contributed by atoms with Gasteiger partial charge in [-0.25, -0.2) is 9.97 Å². The number of anilines is 2. The number of nitrogens with one attached hydrogen (secondary N) is 1. The third kappa shape index (κ3) is 5.27. The Balaban J connectivity index is 1.88. The molecule has 6 nitrogen and oxygen atoms in total. The maximum absolute atomic E-state index is 13.4. The Bertz CT molecular complexity index is 990. The number of hydrogen-bond donors (Lipinski definition) is 2. The van der Waals surface area contributed by atoms with Crippen molar-refractivity contribution in [2.75, 3.05) is 17.7 Å². The molecule has 0 radical (unpaired) electrons. The normalized spacial score (nSPS) is 11.7. The lowest BCUT2D eigenvalue weighted by Crippen LogP contribution is -2.11. The predicted octanol–water partition coefficient (Wildman–Crippen LogP) is 4.42. The number of hydrogen-bond acceptors (Lipinski definition) is 6. The minimum Gasteiger partial charge on any atom is -0.396 e. The van der Waals surface area contributed by atoms with Crippen molar-refractivity contribution in [3.8, 4) is 11.3 Å². The molecule has 10 heteroatoms. The summed E-state index contributed by atoms with van der Waals surface area (Å²) in [5, 5.41) is 15.8. The van der Waals surface area contributed by atoms with Gasteiger partial charge in [-0.2, -0.15) is 18.3 Å². The van der Waals surface area contributed by atoms with E-state index >= 15 is 0 Å². The Morgan fingerprint density at radius 2 is 2.03 bits per heavy atom. The van der Waals surface area contributed by atoms with Crippen LogP contribution in [-0.4, -0.2) is 37.2 Å². The summed E-state index contributed by atoms with van der Waals surface area (Å²) in [6.07, 6.45) is -0.268. The monoisotopic (exact) mass is 423 g/mol. The van der Waals surface area contributed by atoms with E-state index in [9.17, 15) is 13.2 Å². The molecule has 0 saturated heterocycles. The van der Waals surface area contributed by atoms with Crippen LogP contribution in [0.15, 0.2) is 41.7 Å². The number of alkyl halides is 3. The lowest BCUT2D eigenvalue weighted by Gasteiger charge is -2.14. The number of benzene rings is 1. The van der Waals surface area contributed by atoms with E-state index in [0.29, 0.717) is 12.1 Å². The van der Waals surface area contributed by atoms with Crippen molar-refractivity contribution < 1.29 is 18.3 Å². The highest BCUT2D eigenvalue weighted by molar-refractivity contribution is 7.99. The Labute approximate surface area is 170 Å². The molecule has 2 N–H and O–H groups in total. The number of aliphatic hydroxyl groups is 1. The number of halogens is 3. The van der Waals surface area contributed by atoms with Crippen LogP contribution in [0.25, 0.3) is 11.3 Å². The van der Waals surface area contributed by atoms with Gasteiger partial charge in [0, 0.05) is 47.9 Å². The summed E-state index contributed by atoms with van der Waals surface area (Å²) in [6, 6.07) is 5.71. The Hall–Kier alpha value is -2.59. The zero-order chi connectivity index (χ0) is 21.0. The van der Waals surface area contributed by atoms with Gasteiger partial charge in [-0.15, -0.1) is 11.8 Å². The minimum atomic E-state index is -4.58. The van der Waals surface area contributed by atoms with Gasteiger partial charge in [-0.05, 0) is 37.1 Å². The average Bonchev–Trinajstić information content (AvgIpc) is 3.09. The Morgan fingerprint density at radius 1 is 1.24 bits per heavy atom. The minimum absolute atomic E-state index is 0.0700. The van der Waals surface area contributed by atoms with Crippen molar-refractivity contribution in [3.05, 3.63) is 47.9 Å². The Morgan fingerprint density at radius 3 is 2.66 bits per heavy atom. The molecule has 0 aliphatic carbocycles. The zero-order valence-electron chi connectivity index (χ0n) is 15.9. The molecule has 0 spiro atoms. The number of aryl methyl sites for hydroxylation is 2. The molecule has 3 rings (SSSR count). The highest BCUT2D eigenvalue weighted by atomic mass is 32.2. The SMILES string of the molecule is Cc1cc(SCCCO)ccc1Nc1ncc(C(F)(F)F)c(-c2cnn(C)c2)n1. The maximum Gasteiger partial charge on any atom is 0.419 e. The number of thioether (sulfide) groups is 1. The van der Waals surface area contributed by atoms with Gasteiger partial charge < -0.3 is 10.4 Å². The van der Waals surface area contributed by atoms with Crippen molar-refractivity contribution in [1.82, 2.24) is 19.7 Å². The third-order valence-electron chi connectivity index (χ3n) is 4.09. The van der Waals surface area contributed by atoms with E-state index in [1.165, 1.54) is 17.1 Å². The number of aliphatic hydroxyl groups excluding tert-OH is 1. The molecule has 0 unspecified atom stereocenters. The second-order valence-electron chi connectivity index (χ2n) is 6.38. The van der Waals surface area contributed by atoms with Gasteiger partial charge in [0.1, 0.15) is 5.56 Å². The van der Waals surface area contributed by atoms with Crippen LogP contribution in [0.1, 0.15) is 17.5 Å². The molecule has 0 aliphatic heterocycles. The molecule has 29 heavy (non-hydrogen) atoms. The van der Waals surface area contributed by atoms with E-state index in [0.717, 1.165) is 22.4 Å². The van der Waals surface area contributed by atoms with Gasteiger partial charge in [0.25, 0.3) is 0 Å². The lowest BCUT2D eigenvalue weighted by molar-refractivity contribution is -0.137. The van der Waals surface area contributed by atoms with E-state index in [-0.39, 0.29) is 23.8 Å². The highest BCUT2D eigenvalue weighted by Gasteiger charge is 2.35. The fourth-order valence-corrected chi connectivity index (χ4v) is 3.59. The van der Waals surface area contributed by atoms with Crippen molar-refractivity contribution in [3.63, 3.8) is 0 Å². The maximum atomic E-state index is 13.4. The van der Waals surface area contributed by atoms with Crippen LogP contribution < -0.4 is 5.32 Å². The number of aromatic nitrogens is 4. The molecule has 0 saturated carbocycles.